The lowest BCUT2D eigenvalue weighted by Gasteiger charge is -2.10. The summed E-state index contributed by atoms with van der Waals surface area (Å²) in [5, 5.41) is 4.42. The minimum absolute atomic E-state index is 0.128. The van der Waals surface area contributed by atoms with Crippen molar-refractivity contribution in [2.45, 2.75) is 18.8 Å². The Morgan fingerprint density at radius 1 is 1.00 bits per heavy atom. The molecule has 5 rings (SSSR count). The third-order valence-electron chi connectivity index (χ3n) is 4.76. The summed E-state index contributed by atoms with van der Waals surface area (Å²) in [6.45, 7) is 0. The summed E-state index contributed by atoms with van der Waals surface area (Å²) in [4.78, 5) is 29.6. The summed E-state index contributed by atoms with van der Waals surface area (Å²) in [5.41, 5.74) is 6.48. The van der Waals surface area contributed by atoms with E-state index in [1.807, 2.05) is 18.2 Å². The molecule has 0 atom stereocenters. The molecular weight excluding hydrogens is 372 g/mol. The van der Waals surface area contributed by atoms with Crippen LogP contribution in [0.2, 0.25) is 0 Å². The zero-order valence-electron chi connectivity index (χ0n) is 15.2. The van der Waals surface area contributed by atoms with Crippen LogP contribution in [0.25, 0.3) is 22.4 Å². The Bertz CT molecular complexity index is 1210. The van der Waals surface area contributed by atoms with Crippen LogP contribution in [0.5, 0.6) is 0 Å². The van der Waals surface area contributed by atoms with Crippen LogP contribution in [-0.2, 0) is 0 Å². The van der Waals surface area contributed by atoms with Gasteiger partial charge in [0.15, 0.2) is 11.5 Å². The van der Waals surface area contributed by atoms with Gasteiger partial charge in [-0.25, -0.2) is 4.98 Å². The van der Waals surface area contributed by atoms with Crippen molar-refractivity contribution in [1.82, 2.24) is 21.0 Å². The Balaban J connectivity index is 1.39. The number of rotatable bonds is 4. The first-order chi connectivity index (χ1) is 14.2. The van der Waals surface area contributed by atoms with Crippen molar-refractivity contribution < 1.29 is 18.5 Å². The minimum Gasteiger partial charge on any atom is -0.463 e. The van der Waals surface area contributed by atoms with Crippen molar-refractivity contribution in [1.29, 1.82) is 0 Å². The van der Waals surface area contributed by atoms with Crippen LogP contribution in [0, 0.1) is 0 Å². The lowest BCUT2D eigenvalue weighted by molar-refractivity contribution is 0.0842. The summed E-state index contributed by atoms with van der Waals surface area (Å²) in [6.07, 6.45) is 3.63. The van der Waals surface area contributed by atoms with Gasteiger partial charge in [0.05, 0.1) is 17.3 Å². The van der Waals surface area contributed by atoms with Gasteiger partial charge in [0, 0.05) is 17.4 Å². The minimum atomic E-state index is -0.543. The number of benzene rings is 1. The normalized spacial score (nSPS) is 13.4. The number of carbonyl (C=O) groups excluding carboxylic acids is 2. The molecule has 144 valence electrons. The highest BCUT2D eigenvalue weighted by atomic mass is 16.5. The molecule has 0 saturated heterocycles. The number of hydrogen-bond acceptors (Lipinski definition) is 6. The van der Waals surface area contributed by atoms with Gasteiger partial charge in [-0.3, -0.25) is 20.4 Å². The molecule has 1 aliphatic carbocycles. The van der Waals surface area contributed by atoms with Crippen LogP contribution in [0.15, 0.2) is 63.7 Å². The van der Waals surface area contributed by atoms with Gasteiger partial charge in [-0.15, -0.1) is 0 Å². The largest absolute Gasteiger partial charge is 0.463 e. The molecule has 0 aliphatic heterocycles. The Hall–Kier alpha value is -3.94. The van der Waals surface area contributed by atoms with Crippen molar-refractivity contribution in [2.24, 2.45) is 0 Å². The highest BCUT2D eigenvalue weighted by Gasteiger charge is 2.29. The second-order valence-corrected chi connectivity index (χ2v) is 6.85. The monoisotopic (exact) mass is 388 g/mol. The maximum absolute atomic E-state index is 12.8. The topological polar surface area (TPSA) is 110 Å². The van der Waals surface area contributed by atoms with Crippen LogP contribution in [0.3, 0.4) is 0 Å². The summed E-state index contributed by atoms with van der Waals surface area (Å²) in [5.74, 6) is 0.574. The highest BCUT2D eigenvalue weighted by molar-refractivity contribution is 6.08. The van der Waals surface area contributed by atoms with Crippen molar-refractivity contribution in [2.75, 3.05) is 0 Å². The van der Waals surface area contributed by atoms with Crippen LogP contribution >= 0.6 is 0 Å². The van der Waals surface area contributed by atoms with Crippen LogP contribution in [-0.4, -0.2) is 22.0 Å². The van der Waals surface area contributed by atoms with Gasteiger partial charge in [-0.1, -0.05) is 23.4 Å². The van der Waals surface area contributed by atoms with Crippen molar-refractivity contribution in [3.63, 3.8) is 0 Å². The zero-order chi connectivity index (χ0) is 19.8. The lowest BCUT2D eigenvalue weighted by Crippen LogP contribution is -2.41. The van der Waals surface area contributed by atoms with Crippen LogP contribution in [0.4, 0.5) is 0 Å². The maximum atomic E-state index is 12.8. The van der Waals surface area contributed by atoms with Gasteiger partial charge in [0.25, 0.3) is 11.8 Å². The first kappa shape index (κ1) is 17.2. The van der Waals surface area contributed by atoms with E-state index in [0.29, 0.717) is 39.6 Å². The van der Waals surface area contributed by atoms with Crippen molar-refractivity contribution >= 4 is 22.7 Å². The zero-order valence-corrected chi connectivity index (χ0v) is 15.2. The number of pyridine rings is 1. The van der Waals surface area contributed by atoms with E-state index >= 15 is 0 Å². The molecule has 29 heavy (non-hydrogen) atoms. The number of furan rings is 1. The van der Waals surface area contributed by atoms with Crippen LogP contribution < -0.4 is 10.9 Å². The third kappa shape index (κ3) is 3.36. The molecule has 0 unspecified atom stereocenters. The molecule has 3 heterocycles. The molecule has 1 saturated carbocycles. The molecule has 8 nitrogen and oxygen atoms in total. The highest BCUT2D eigenvalue weighted by Crippen LogP contribution is 2.40. The molecule has 3 aromatic heterocycles. The van der Waals surface area contributed by atoms with Gasteiger partial charge < -0.3 is 8.94 Å². The fourth-order valence-electron chi connectivity index (χ4n) is 3.12. The van der Waals surface area contributed by atoms with Gasteiger partial charge in [-0.05, 0) is 37.1 Å². The summed E-state index contributed by atoms with van der Waals surface area (Å²) in [6, 6.07) is 14.0. The fourth-order valence-corrected chi connectivity index (χ4v) is 3.12. The van der Waals surface area contributed by atoms with Gasteiger partial charge >= 0.3 is 0 Å². The van der Waals surface area contributed by atoms with E-state index in [2.05, 4.69) is 21.0 Å². The quantitative estimate of drug-likeness (QED) is 0.518. The Morgan fingerprint density at radius 2 is 1.83 bits per heavy atom. The number of carbonyl (C=O) groups is 2. The first-order valence-electron chi connectivity index (χ1n) is 9.20. The summed E-state index contributed by atoms with van der Waals surface area (Å²) in [7, 11) is 0. The molecule has 2 amide bonds. The number of fused-ring (bicyclic) bond motifs is 1. The number of para-hydroxylation sites is 1. The summed E-state index contributed by atoms with van der Waals surface area (Å²) >= 11 is 0. The lowest BCUT2D eigenvalue weighted by atomic mass is 10.1. The van der Waals surface area contributed by atoms with E-state index < -0.39 is 11.8 Å². The third-order valence-corrected chi connectivity index (χ3v) is 4.76. The Kier molecular flexibility index (Phi) is 4.09. The SMILES string of the molecule is O=C(NNC(=O)c1cc(-c2ccco2)nc2ccccc12)c1cc(C2CC2)on1. The van der Waals surface area contributed by atoms with E-state index in [4.69, 9.17) is 8.94 Å². The first-order valence-corrected chi connectivity index (χ1v) is 9.20. The molecule has 1 aliphatic rings. The average Bonchev–Trinajstić information content (AvgIpc) is 3.24. The number of aromatic nitrogens is 2. The summed E-state index contributed by atoms with van der Waals surface area (Å²) < 4.78 is 10.6. The predicted molar refractivity (Wildman–Crippen MR) is 103 cm³/mol. The predicted octanol–water partition coefficient (Wildman–Crippen LogP) is 3.44. The number of hydrazine groups is 1. The van der Waals surface area contributed by atoms with Crippen LogP contribution in [0.1, 0.15) is 45.4 Å². The smallest absolute Gasteiger partial charge is 0.291 e. The van der Waals surface area contributed by atoms with Crippen molar-refractivity contribution in [3.05, 3.63) is 71.8 Å². The van der Waals surface area contributed by atoms with Gasteiger partial charge in [0.1, 0.15) is 11.5 Å². The number of hydrogen-bond donors (Lipinski definition) is 2. The molecule has 0 spiro atoms. The molecule has 2 N–H and O–H groups in total. The van der Waals surface area contributed by atoms with E-state index in [1.165, 1.54) is 0 Å². The Morgan fingerprint density at radius 3 is 2.62 bits per heavy atom. The maximum Gasteiger partial charge on any atom is 0.291 e. The molecule has 4 aromatic rings. The standard InChI is InChI=1S/C21H16N4O4/c26-20(23-24-21(27)17-11-19(29-25-17)12-7-8-12)14-10-16(18-6-3-9-28-18)22-15-5-2-1-4-13(14)15/h1-6,9-12H,7-8H2,(H,23,26)(H,24,27). The van der Waals surface area contributed by atoms with E-state index in [0.717, 1.165) is 12.8 Å². The van der Waals surface area contributed by atoms with E-state index in [-0.39, 0.29) is 5.69 Å². The average molecular weight is 388 g/mol. The molecule has 0 bridgehead atoms. The van der Waals surface area contributed by atoms with Crippen molar-refractivity contribution in [3.8, 4) is 11.5 Å². The van der Waals surface area contributed by atoms with E-state index in [9.17, 15) is 9.59 Å². The number of nitrogens with one attached hydrogen (secondary N) is 2. The van der Waals surface area contributed by atoms with Gasteiger partial charge in [-0.2, -0.15) is 0 Å². The second-order valence-electron chi connectivity index (χ2n) is 6.85. The molecule has 8 heteroatoms. The molecule has 0 radical (unpaired) electrons. The van der Waals surface area contributed by atoms with E-state index in [1.54, 1.807) is 36.6 Å². The fraction of sp³-hybridized carbons (Fsp3) is 0.143. The molecule has 1 fully saturated rings. The number of nitrogens with zero attached hydrogens (tertiary/aromatic N) is 2. The number of amides is 2. The molecular formula is C21H16N4O4. The Labute approximate surface area is 164 Å². The second kappa shape index (κ2) is 6.90. The molecule has 1 aromatic carbocycles. The van der Waals surface area contributed by atoms with Gasteiger partial charge in [0.2, 0.25) is 0 Å².